The van der Waals surface area contributed by atoms with E-state index in [-0.39, 0.29) is 5.82 Å². The Kier molecular flexibility index (Phi) is 4.71. The van der Waals surface area contributed by atoms with Gasteiger partial charge < -0.3 is 4.74 Å². The third kappa shape index (κ3) is 4.05. The molecule has 0 spiro atoms. The second-order valence-corrected chi connectivity index (χ2v) is 5.88. The summed E-state index contributed by atoms with van der Waals surface area (Å²) in [4.78, 5) is 12.1. The van der Waals surface area contributed by atoms with E-state index in [1.54, 1.807) is 42.5 Å². The van der Waals surface area contributed by atoms with Crippen LogP contribution in [0.4, 0.5) is 19.4 Å². The number of carbonyl (C=O) groups excluding carboxylic acids is 1. The number of hydrogen-bond donors (Lipinski definition) is 1. The number of hydrogen-bond acceptors (Lipinski definition) is 3. The molecule has 26 heavy (non-hydrogen) atoms. The van der Waals surface area contributed by atoms with Crippen molar-refractivity contribution in [3.63, 3.8) is 0 Å². The average molecular weight is 357 g/mol. The number of para-hydroxylation sites is 1. The van der Waals surface area contributed by atoms with Crippen LogP contribution in [0.5, 0.6) is 5.75 Å². The highest BCUT2D eigenvalue weighted by Gasteiger charge is 2.30. The Hall–Kier alpha value is -3.22. The minimum absolute atomic E-state index is 0.0892. The predicted molar refractivity (Wildman–Crippen MR) is 94.0 cm³/mol. The van der Waals surface area contributed by atoms with Gasteiger partial charge in [0.25, 0.3) is 5.92 Å². The van der Waals surface area contributed by atoms with Gasteiger partial charge in [0.2, 0.25) is 0 Å². The number of ether oxygens (including phenoxy) is 1. The number of anilines is 1. The monoisotopic (exact) mass is 357 g/mol. The molecule has 0 aliphatic rings. The Morgan fingerprint density at radius 2 is 1.77 bits per heavy atom. The fraction of sp³-hybridized carbons (Fsp3) is 0.158. The van der Waals surface area contributed by atoms with Gasteiger partial charge in [-0.1, -0.05) is 35.9 Å². The first-order valence-electron chi connectivity index (χ1n) is 7.92. The molecule has 0 radical (unpaired) electrons. The summed E-state index contributed by atoms with van der Waals surface area (Å²) in [5, 5.41) is 6.41. The molecule has 0 aliphatic carbocycles. The van der Waals surface area contributed by atoms with Crippen LogP contribution in [0.15, 0.2) is 60.7 Å². The van der Waals surface area contributed by atoms with Crippen LogP contribution in [0, 0.1) is 6.92 Å². The van der Waals surface area contributed by atoms with E-state index in [9.17, 15) is 13.6 Å². The molecule has 3 rings (SSSR count). The van der Waals surface area contributed by atoms with Gasteiger partial charge in [0.05, 0.1) is 5.69 Å². The van der Waals surface area contributed by atoms with Gasteiger partial charge in [-0.05, 0) is 31.2 Å². The molecule has 1 aromatic heterocycles. The molecule has 7 heteroatoms. The van der Waals surface area contributed by atoms with Gasteiger partial charge >= 0.3 is 6.09 Å². The van der Waals surface area contributed by atoms with Crippen LogP contribution in [0.3, 0.4) is 0 Å². The maximum Gasteiger partial charge on any atom is 0.418 e. The van der Waals surface area contributed by atoms with Crippen LogP contribution in [0.1, 0.15) is 18.2 Å². The first-order chi connectivity index (χ1) is 12.3. The van der Waals surface area contributed by atoms with Crippen molar-refractivity contribution in [1.82, 2.24) is 9.78 Å². The topological polar surface area (TPSA) is 56.2 Å². The predicted octanol–water partition coefficient (Wildman–Crippen LogP) is 4.90. The molecule has 1 amide bonds. The summed E-state index contributed by atoms with van der Waals surface area (Å²) in [5.74, 6) is -2.71. The smallest absolute Gasteiger partial charge is 0.410 e. The standard InChI is InChI=1S/C19H17F2N3O2/c1-13-8-10-14(11-9-13)24-17(12-16(23-24)19(2,20)21)22-18(25)26-15-6-4-3-5-7-15/h3-12H,1-2H3,(H,22,25). The summed E-state index contributed by atoms with van der Waals surface area (Å²) >= 11 is 0. The molecule has 3 aromatic rings. The first kappa shape index (κ1) is 17.6. The molecule has 0 aliphatic heterocycles. The molecule has 0 unspecified atom stereocenters. The summed E-state index contributed by atoms with van der Waals surface area (Å²) in [6.45, 7) is 2.66. The molecule has 0 bridgehead atoms. The van der Waals surface area contributed by atoms with Crippen molar-refractivity contribution in [3.8, 4) is 11.4 Å². The SMILES string of the molecule is Cc1ccc(-n2nc(C(C)(F)F)cc2NC(=O)Oc2ccccc2)cc1. The Bertz CT molecular complexity index is 901. The van der Waals surface area contributed by atoms with Crippen LogP contribution in [0.25, 0.3) is 5.69 Å². The number of carbonyl (C=O) groups is 1. The fourth-order valence-electron chi connectivity index (χ4n) is 2.29. The zero-order chi connectivity index (χ0) is 18.7. The highest BCUT2D eigenvalue weighted by molar-refractivity contribution is 5.85. The van der Waals surface area contributed by atoms with Gasteiger partial charge in [0, 0.05) is 13.0 Å². The number of nitrogens with one attached hydrogen (secondary N) is 1. The third-order valence-electron chi connectivity index (χ3n) is 3.62. The van der Waals surface area contributed by atoms with Crippen LogP contribution in [-0.4, -0.2) is 15.9 Å². The van der Waals surface area contributed by atoms with Crippen LogP contribution < -0.4 is 10.1 Å². The number of halogens is 2. The first-order valence-corrected chi connectivity index (χ1v) is 7.92. The van der Waals surface area contributed by atoms with Gasteiger partial charge in [0.15, 0.2) is 0 Å². The van der Waals surface area contributed by atoms with Crippen molar-refractivity contribution >= 4 is 11.9 Å². The second-order valence-electron chi connectivity index (χ2n) is 5.88. The molecule has 134 valence electrons. The minimum Gasteiger partial charge on any atom is -0.410 e. The van der Waals surface area contributed by atoms with Gasteiger partial charge in [0.1, 0.15) is 17.3 Å². The van der Waals surface area contributed by atoms with E-state index in [1.807, 2.05) is 19.1 Å². The van der Waals surface area contributed by atoms with Crippen LogP contribution in [0.2, 0.25) is 0 Å². The zero-order valence-corrected chi connectivity index (χ0v) is 14.2. The Balaban J connectivity index is 1.90. The van der Waals surface area contributed by atoms with Crippen LogP contribution >= 0.6 is 0 Å². The van der Waals surface area contributed by atoms with Crippen molar-refractivity contribution in [2.24, 2.45) is 0 Å². The molecule has 0 saturated heterocycles. The highest BCUT2D eigenvalue weighted by atomic mass is 19.3. The normalized spacial score (nSPS) is 11.2. The lowest BCUT2D eigenvalue weighted by atomic mass is 10.2. The van der Waals surface area contributed by atoms with Crippen molar-refractivity contribution in [2.45, 2.75) is 19.8 Å². The second kappa shape index (κ2) is 6.95. The minimum atomic E-state index is -3.14. The third-order valence-corrected chi connectivity index (χ3v) is 3.62. The zero-order valence-electron chi connectivity index (χ0n) is 14.2. The molecule has 2 aromatic carbocycles. The maximum absolute atomic E-state index is 13.7. The van der Waals surface area contributed by atoms with Crippen molar-refractivity contribution in [2.75, 3.05) is 5.32 Å². The molecule has 5 nitrogen and oxygen atoms in total. The average Bonchev–Trinajstić information content (AvgIpc) is 3.00. The van der Waals surface area contributed by atoms with E-state index in [2.05, 4.69) is 10.4 Å². The van der Waals surface area contributed by atoms with E-state index in [0.717, 1.165) is 18.6 Å². The number of aryl methyl sites for hydroxylation is 1. The van der Waals surface area contributed by atoms with Gasteiger partial charge in [-0.25, -0.2) is 9.48 Å². The fourth-order valence-corrected chi connectivity index (χ4v) is 2.29. The highest BCUT2D eigenvalue weighted by Crippen LogP contribution is 2.29. The lowest BCUT2D eigenvalue weighted by molar-refractivity contribution is 0.0124. The maximum atomic E-state index is 13.7. The number of aromatic nitrogens is 2. The van der Waals surface area contributed by atoms with Gasteiger partial charge in [-0.3, -0.25) is 5.32 Å². The van der Waals surface area contributed by atoms with E-state index in [4.69, 9.17) is 4.74 Å². The van der Waals surface area contributed by atoms with Crippen molar-refractivity contribution in [3.05, 3.63) is 71.9 Å². The number of rotatable bonds is 4. The lowest BCUT2D eigenvalue weighted by Gasteiger charge is -2.09. The lowest BCUT2D eigenvalue weighted by Crippen LogP contribution is -2.19. The van der Waals surface area contributed by atoms with Crippen molar-refractivity contribution in [1.29, 1.82) is 0 Å². The Labute approximate surface area is 149 Å². The summed E-state index contributed by atoms with van der Waals surface area (Å²) in [6.07, 6.45) is -0.796. The molecule has 0 saturated carbocycles. The largest absolute Gasteiger partial charge is 0.418 e. The summed E-state index contributed by atoms with van der Waals surface area (Å²) in [6, 6.07) is 16.7. The molecule has 1 heterocycles. The van der Waals surface area contributed by atoms with E-state index in [1.165, 1.54) is 4.68 Å². The van der Waals surface area contributed by atoms with E-state index < -0.39 is 17.7 Å². The van der Waals surface area contributed by atoms with E-state index in [0.29, 0.717) is 11.4 Å². The molecule has 1 N–H and O–H groups in total. The number of alkyl halides is 2. The number of nitrogens with zero attached hydrogens (tertiary/aromatic N) is 2. The molecular weight excluding hydrogens is 340 g/mol. The van der Waals surface area contributed by atoms with Gasteiger partial charge in [-0.15, -0.1) is 0 Å². The molecule has 0 atom stereocenters. The van der Waals surface area contributed by atoms with Gasteiger partial charge in [-0.2, -0.15) is 13.9 Å². The Morgan fingerprint density at radius 3 is 2.38 bits per heavy atom. The van der Waals surface area contributed by atoms with Crippen LogP contribution in [-0.2, 0) is 5.92 Å². The quantitative estimate of drug-likeness (QED) is 0.722. The number of benzene rings is 2. The number of amides is 1. The summed E-state index contributed by atoms with van der Waals surface area (Å²) < 4.78 is 33.8. The molecular formula is C19H17F2N3O2. The van der Waals surface area contributed by atoms with E-state index >= 15 is 0 Å². The summed E-state index contributed by atoms with van der Waals surface area (Å²) in [7, 11) is 0. The molecule has 0 fully saturated rings. The Morgan fingerprint density at radius 1 is 1.12 bits per heavy atom. The summed E-state index contributed by atoms with van der Waals surface area (Å²) in [5.41, 5.74) is 1.11. The van der Waals surface area contributed by atoms with Crippen molar-refractivity contribution < 1.29 is 18.3 Å².